The zero-order chi connectivity index (χ0) is 17.4. The first kappa shape index (κ1) is 16.6. The number of benzene rings is 1. The summed E-state index contributed by atoms with van der Waals surface area (Å²) >= 11 is 1.51. The summed E-state index contributed by atoms with van der Waals surface area (Å²) in [4.78, 5) is 17.9. The second-order valence-corrected chi connectivity index (χ2v) is 7.74. The minimum atomic E-state index is -0.866. The Labute approximate surface area is 148 Å². The maximum absolute atomic E-state index is 13.8. The number of carbonyl (C=O) groups excluding carboxylic acids is 1. The molecule has 2 atom stereocenters. The third-order valence-electron chi connectivity index (χ3n) is 5.00. The topological polar surface area (TPSA) is 54.0 Å². The second kappa shape index (κ2) is 6.80. The Kier molecular flexibility index (Phi) is 4.52. The third-order valence-corrected chi connectivity index (χ3v) is 6.08. The molecule has 1 saturated carbocycles. The maximum Gasteiger partial charge on any atom is 0.229 e. The molecule has 2 aliphatic rings. The summed E-state index contributed by atoms with van der Waals surface area (Å²) in [7, 11) is 0. The van der Waals surface area contributed by atoms with E-state index in [0.29, 0.717) is 17.5 Å². The van der Waals surface area contributed by atoms with Gasteiger partial charge < -0.3 is 10.6 Å². The Morgan fingerprint density at radius 2 is 2.08 bits per heavy atom. The number of thiazole rings is 1. The van der Waals surface area contributed by atoms with Crippen LogP contribution in [0.5, 0.6) is 0 Å². The smallest absolute Gasteiger partial charge is 0.229 e. The van der Waals surface area contributed by atoms with Gasteiger partial charge in [-0.25, -0.2) is 13.8 Å². The molecule has 1 aromatic carbocycles. The van der Waals surface area contributed by atoms with Gasteiger partial charge in [-0.2, -0.15) is 0 Å². The molecule has 25 heavy (non-hydrogen) atoms. The molecule has 1 aliphatic heterocycles. The predicted octanol–water partition coefficient (Wildman–Crippen LogP) is 3.63. The maximum atomic E-state index is 13.8. The fourth-order valence-corrected chi connectivity index (χ4v) is 4.46. The second-order valence-electron chi connectivity index (χ2n) is 6.67. The molecule has 2 aromatic rings. The lowest BCUT2D eigenvalue weighted by atomic mass is 9.97. The van der Waals surface area contributed by atoms with Crippen LogP contribution in [0.1, 0.15) is 41.5 Å². The number of rotatable bonds is 4. The van der Waals surface area contributed by atoms with Gasteiger partial charge in [0.15, 0.2) is 16.8 Å². The van der Waals surface area contributed by atoms with Crippen molar-refractivity contribution < 1.29 is 13.6 Å². The van der Waals surface area contributed by atoms with E-state index < -0.39 is 11.6 Å². The van der Waals surface area contributed by atoms with E-state index in [-0.39, 0.29) is 23.3 Å². The fourth-order valence-electron chi connectivity index (χ4n) is 3.47. The van der Waals surface area contributed by atoms with Gasteiger partial charge in [-0.15, -0.1) is 11.3 Å². The van der Waals surface area contributed by atoms with Crippen LogP contribution in [0.2, 0.25) is 0 Å². The highest BCUT2D eigenvalue weighted by atomic mass is 32.1. The van der Waals surface area contributed by atoms with Crippen LogP contribution >= 0.6 is 11.3 Å². The van der Waals surface area contributed by atoms with E-state index in [4.69, 9.17) is 0 Å². The number of hydrogen-bond acceptors (Lipinski definition) is 4. The van der Waals surface area contributed by atoms with Crippen LogP contribution in [0, 0.1) is 17.6 Å². The molecular formula is C18H19F2N3OS. The summed E-state index contributed by atoms with van der Waals surface area (Å²) in [6, 6.07) is 4.12. The molecule has 7 heteroatoms. The Hall–Kier alpha value is -1.86. The first-order chi connectivity index (χ1) is 12.1. The van der Waals surface area contributed by atoms with E-state index in [0.717, 1.165) is 32.0 Å². The van der Waals surface area contributed by atoms with Crippen molar-refractivity contribution in [2.24, 2.45) is 5.92 Å². The van der Waals surface area contributed by atoms with Crippen molar-refractivity contribution in [2.45, 2.75) is 31.1 Å². The Morgan fingerprint density at radius 1 is 1.28 bits per heavy atom. The zero-order valence-corrected chi connectivity index (χ0v) is 14.4. The largest absolute Gasteiger partial charge is 0.317 e. The lowest BCUT2D eigenvalue weighted by Gasteiger charge is -2.20. The van der Waals surface area contributed by atoms with Crippen LogP contribution in [-0.2, 0) is 4.79 Å². The Balaban J connectivity index is 1.38. The molecule has 132 valence electrons. The molecule has 4 rings (SSSR count). The molecule has 1 amide bonds. The van der Waals surface area contributed by atoms with Crippen molar-refractivity contribution in [2.75, 3.05) is 18.4 Å². The summed E-state index contributed by atoms with van der Waals surface area (Å²) in [5.74, 6) is -1.94. The van der Waals surface area contributed by atoms with Crippen LogP contribution in [0.25, 0.3) is 0 Å². The van der Waals surface area contributed by atoms with Crippen molar-refractivity contribution in [1.82, 2.24) is 10.3 Å². The number of nitrogens with zero attached hydrogens (tertiary/aromatic N) is 1. The Bertz CT molecular complexity index is 788. The van der Waals surface area contributed by atoms with Crippen LogP contribution in [0.15, 0.2) is 24.4 Å². The highest BCUT2D eigenvalue weighted by Gasteiger charge is 2.45. The number of halogens is 2. The highest BCUT2D eigenvalue weighted by molar-refractivity contribution is 7.15. The van der Waals surface area contributed by atoms with Gasteiger partial charge in [0.2, 0.25) is 5.91 Å². The highest BCUT2D eigenvalue weighted by Crippen LogP contribution is 2.49. The van der Waals surface area contributed by atoms with Crippen molar-refractivity contribution in [3.05, 3.63) is 46.5 Å². The van der Waals surface area contributed by atoms with Gasteiger partial charge in [-0.3, -0.25) is 4.79 Å². The van der Waals surface area contributed by atoms with Crippen LogP contribution in [-0.4, -0.2) is 24.0 Å². The van der Waals surface area contributed by atoms with Gasteiger partial charge in [0, 0.05) is 17.0 Å². The standard InChI is InChI=1S/C18H19F2N3OS/c19-14-3-1-2-11(16(14)20)12-8-13(12)17(24)23-18-22-9-15(25-18)10-4-6-21-7-5-10/h1-3,9-10,12-13,21H,4-8H2,(H,22,23,24). The number of nitrogens with one attached hydrogen (secondary N) is 2. The van der Waals surface area contributed by atoms with E-state index >= 15 is 0 Å². The molecule has 4 nitrogen and oxygen atoms in total. The number of aromatic nitrogens is 1. The average molecular weight is 363 g/mol. The van der Waals surface area contributed by atoms with Gasteiger partial charge in [0.1, 0.15) is 0 Å². The molecule has 2 N–H and O–H groups in total. The minimum absolute atomic E-state index is 0.167. The van der Waals surface area contributed by atoms with Gasteiger partial charge in [0.05, 0.1) is 0 Å². The van der Waals surface area contributed by atoms with Gasteiger partial charge in [-0.1, -0.05) is 12.1 Å². The number of carbonyl (C=O) groups is 1. The van der Waals surface area contributed by atoms with Crippen LogP contribution < -0.4 is 10.6 Å². The molecule has 1 saturated heterocycles. The van der Waals surface area contributed by atoms with Gasteiger partial charge >= 0.3 is 0 Å². The summed E-state index contributed by atoms with van der Waals surface area (Å²) in [6.07, 6.45) is 4.55. The molecule has 1 aliphatic carbocycles. The van der Waals surface area contributed by atoms with E-state index in [1.807, 2.05) is 6.20 Å². The van der Waals surface area contributed by atoms with E-state index in [1.165, 1.54) is 22.3 Å². The lowest BCUT2D eigenvalue weighted by molar-refractivity contribution is -0.117. The van der Waals surface area contributed by atoms with Crippen molar-refractivity contribution in [3.63, 3.8) is 0 Å². The minimum Gasteiger partial charge on any atom is -0.317 e. The van der Waals surface area contributed by atoms with Crippen molar-refractivity contribution in [1.29, 1.82) is 0 Å². The summed E-state index contributed by atoms with van der Waals surface area (Å²) in [5, 5.41) is 6.75. The van der Waals surface area contributed by atoms with Gasteiger partial charge in [-0.05, 0) is 55.8 Å². The average Bonchev–Trinajstić information content (AvgIpc) is 3.29. The van der Waals surface area contributed by atoms with Crippen molar-refractivity contribution in [3.8, 4) is 0 Å². The quantitative estimate of drug-likeness (QED) is 0.872. The predicted molar refractivity (Wildman–Crippen MR) is 92.8 cm³/mol. The molecule has 0 radical (unpaired) electrons. The number of anilines is 1. The monoisotopic (exact) mass is 363 g/mol. The zero-order valence-electron chi connectivity index (χ0n) is 13.6. The number of piperidine rings is 1. The van der Waals surface area contributed by atoms with Crippen molar-refractivity contribution >= 4 is 22.4 Å². The first-order valence-electron chi connectivity index (χ1n) is 8.54. The third kappa shape index (κ3) is 3.43. The molecule has 2 unspecified atom stereocenters. The normalized spacial score (nSPS) is 23.4. The number of hydrogen-bond donors (Lipinski definition) is 2. The summed E-state index contributed by atoms with van der Waals surface area (Å²) < 4.78 is 27.2. The SMILES string of the molecule is O=C(Nc1ncc(C2CCNCC2)s1)C1CC1c1cccc(F)c1F. The number of amides is 1. The Morgan fingerprint density at radius 3 is 2.88 bits per heavy atom. The van der Waals surface area contributed by atoms with E-state index in [1.54, 1.807) is 6.07 Å². The fraction of sp³-hybridized carbons (Fsp3) is 0.444. The molecule has 1 aromatic heterocycles. The summed E-state index contributed by atoms with van der Waals surface area (Å²) in [6.45, 7) is 2.01. The molecule has 0 spiro atoms. The van der Waals surface area contributed by atoms with Gasteiger partial charge in [0.25, 0.3) is 0 Å². The van der Waals surface area contributed by atoms with E-state index in [9.17, 15) is 13.6 Å². The summed E-state index contributed by atoms with van der Waals surface area (Å²) in [5.41, 5.74) is 0.287. The lowest BCUT2D eigenvalue weighted by Crippen LogP contribution is -2.26. The molecular weight excluding hydrogens is 344 g/mol. The molecule has 2 heterocycles. The van der Waals surface area contributed by atoms with Crippen LogP contribution in [0.3, 0.4) is 0 Å². The first-order valence-corrected chi connectivity index (χ1v) is 9.36. The molecule has 0 bridgehead atoms. The van der Waals surface area contributed by atoms with Crippen LogP contribution in [0.4, 0.5) is 13.9 Å². The van der Waals surface area contributed by atoms with E-state index in [2.05, 4.69) is 15.6 Å². The molecule has 2 fully saturated rings.